The number of carbonyl (C=O) groups is 1. The molecule has 118 valence electrons. The summed E-state index contributed by atoms with van der Waals surface area (Å²) in [6, 6.07) is 6.99. The third kappa shape index (κ3) is 3.15. The third-order valence-electron chi connectivity index (χ3n) is 2.94. The summed E-state index contributed by atoms with van der Waals surface area (Å²) >= 11 is 6.00. The number of nitrogens with one attached hydrogen (secondary N) is 1. The van der Waals surface area contributed by atoms with E-state index in [2.05, 4.69) is 10.3 Å². The first-order valence-electron chi connectivity index (χ1n) is 6.65. The largest absolute Gasteiger partial charge is 0.859 e. The molecule has 9 heteroatoms. The van der Waals surface area contributed by atoms with Crippen molar-refractivity contribution < 1.29 is 24.2 Å². The third-order valence-corrected chi connectivity index (χ3v) is 4.11. The lowest BCUT2D eigenvalue weighted by atomic mass is 10.2. The highest BCUT2D eigenvalue weighted by molar-refractivity contribution is 7.73. The maximum Gasteiger partial charge on any atom is 0.437 e. The van der Waals surface area contributed by atoms with Gasteiger partial charge in [-0.25, -0.2) is 4.79 Å². The van der Waals surface area contributed by atoms with Crippen molar-refractivity contribution in [3.63, 3.8) is 0 Å². The van der Waals surface area contributed by atoms with E-state index < -0.39 is 5.97 Å². The van der Waals surface area contributed by atoms with Crippen LogP contribution in [0.2, 0.25) is 0 Å². The van der Waals surface area contributed by atoms with Crippen molar-refractivity contribution in [2.75, 3.05) is 6.61 Å². The van der Waals surface area contributed by atoms with Crippen molar-refractivity contribution in [2.45, 2.75) is 6.92 Å². The maximum atomic E-state index is 11.9. The Morgan fingerprint density at radius 1 is 1.48 bits per heavy atom. The predicted molar refractivity (Wildman–Crippen MR) is 83.0 cm³/mol. The number of hydrogen-bond donors (Lipinski definition) is 1. The Balaban J connectivity index is 1.96. The molecule has 1 N–H and O–H groups in total. The zero-order valence-electron chi connectivity index (χ0n) is 11.9. The highest BCUT2D eigenvalue weighted by Crippen LogP contribution is 2.29. The molecule has 0 amide bonds. The molecule has 0 fully saturated rings. The molecule has 0 unspecified atom stereocenters. The minimum absolute atomic E-state index is 0.136. The van der Waals surface area contributed by atoms with Gasteiger partial charge in [0.1, 0.15) is 5.75 Å². The number of H-pyrrole nitrogens is 1. The average molecular weight is 349 g/mol. The summed E-state index contributed by atoms with van der Waals surface area (Å²) in [6.45, 7) is 2.45. The zero-order chi connectivity index (χ0) is 16.4. The van der Waals surface area contributed by atoms with Crippen molar-refractivity contribution in [3.05, 3.63) is 38.8 Å². The van der Waals surface area contributed by atoms with Gasteiger partial charge in [-0.3, -0.25) is 4.84 Å². The number of carbonyl (C=O) groups excluding carboxylic acids is 1. The van der Waals surface area contributed by atoms with Gasteiger partial charge in [-0.15, -0.1) is 11.3 Å². The minimum atomic E-state index is -0.641. The van der Waals surface area contributed by atoms with Crippen LogP contribution in [0.3, 0.4) is 0 Å². The first kappa shape index (κ1) is 15.4. The summed E-state index contributed by atoms with van der Waals surface area (Å²) in [5, 5.41) is 15.4. The molecule has 1 aliphatic heterocycles. The van der Waals surface area contributed by atoms with Gasteiger partial charge in [0.2, 0.25) is 11.0 Å². The lowest BCUT2D eigenvalue weighted by molar-refractivity contribution is -0.462. The van der Waals surface area contributed by atoms with Crippen LogP contribution in [0.5, 0.6) is 11.6 Å². The van der Waals surface area contributed by atoms with Crippen molar-refractivity contribution in [2.24, 2.45) is 5.28 Å². The van der Waals surface area contributed by atoms with Crippen molar-refractivity contribution >= 4 is 41.3 Å². The molecule has 3 rings (SSSR count). The van der Waals surface area contributed by atoms with Gasteiger partial charge >= 0.3 is 11.7 Å². The fraction of sp³-hybridized carbons (Fsp3) is 0.143. The number of ether oxygens (including phenoxy) is 1. The Hall–Kier alpha value is -2.52. The highest BCUT2D eigenvalue weighted by Gasteiger charge is 2.36. The Kier molecular flexibility index (Phi) is 4.22. The van der Waals surface area contributed by atoms with Crippen LogP contribution >= 0.6 is 23.6 Å². The van der Waals surface area contributed by atoms with Gasteiger partial charge < -0.3 is 14.8 Å². The van der Waals surface area contributed by atoms with Crippen LogP contribution in [0.4, 0.5) is 5.69 Å². The quantitative estimate of drug-likeness (QED) is 0.521. The van der Waals surface area contributed by atoms with Crippen LogP contribution in [0.1, 0.15) is 11.8 Å². The number of hydrogen-bond acceptors (Lipinski definition) is 7. The molecule has 0 saturated heterocycles. The van der Waals surface area contributed by atoms with E-state index in [-0.39, 0.29) is 11.6 Å². The number of aromatic nitrogens is 1. The summed E-state index contributed by atoms with van der Waals surface area (Å²) in [7, 11) is 0. The van der Waals surface area contributed by atoms with E-state index in [0.29, 0.717) is 26.9 Å². The molecular formula is C14H11N3O4S2. The number of aromatic amines is 1. The van der Waals surface area contributed by atoms with E-state index in [1.807, 2.05) is 6.92 Å². The van der Waals surface area contributed by atoms with Crippen molar-refractivity contribution in [1.82, 2.24) is 4.98 Å². The van der Waals surface area contributed by atoms with E-state index in [1.54, 1.807) is 24.3 Å². The molecule has 0 radical (unpaired) electrons. The van der Waals surface area contributed by atoms with Crippen LogP contribution < -0.4 is 9.84 Å². The predicted octanol–water partition coefficient (Wildman–Crippen LogP) is 2.89. The molecule has 7 nitrogen and oxygen atoms in total. The standard InChI is InChI=1S/C14H11N3O4S2/c1-2-20-9-5-3-8(4-6-9)17-10(13(19)21-16-17)7-11-12(18)15-14(22)23-11/h3-7H,2H2,1H3,(H-,15,16,18,19,22). The van der Waals surface area contributed by atoms with Gasteiger partial charge in [0.05, 0.1) is 6.61 Å². The summed E-state index contributed by atoms with van der Waals surface area (Å²) in [5.74, 6) is -0.282. The minimum Gasteiger partial charge on any atom is -0.859 e. The van der Waals surface area contributed by atoms with Crippen LogP contribution in [0, 0.1) is 3.95 Å². The van der Waals surface area contributed by atoms with Gasteiger partial charge in [0.15, 0.2) is 3.95 Å². The fourth-order valence-electron chi connectivity index (χ4n) is 1.96. The van der Waals surface area contributed by atoms with E-state index in [9.17, 15) is 9.90 Å². The Labute approximate surface area is 140 Å². The Morgan fingerprint density at radius 2 is 2.22 bits per heavy atom. The SMILES string of the molecule is CCOc1ccc([N+]2=NOC(=O)/C2=C\c2sc(=S)[nH]c2[O-])cc1. The molecular weight excluding hydrogens is 338 g/mol. The molecule has 1 aromatic heterocycles. The molecule has 0 aliphatic carbocycles. The van der Waals surface area contributed by atoms with Gasteiger partial charge in [-0.2, -0.15) is 0 Å². The summed E-state index contributed by atoms with van der Waals surface area (Å²) in [4.78, 5) is 19.4. The lowest BCUT2D eigenvalue weighted by Gasteiger charge is -2.01. The highest BCUT2D eigenvalue weighted by atomic mass is 32.1. The monoisotopic (exact) mass is 349 g/mol. The summed E-state index contributed by atoms with van der Waals surface area (Å²) in [5.41, 5.74) is 0.744. The molecule has 0 bridgehead atoms. The average Bonchev–Trinajstić information content (AvgIpc) is 3.04. The number of thiazole rings is 1. The normalized spacial score (nSPS) is 15.6. The zero-order valence-corrected chi connectivity index (χ0v) is 13.6. The van der Waals surface area contributed by atoms with E-state index in [1.165, 1.54) is 10.8 Å². The molecule has 0 atom stereocenters. The van der Waals surface area contributed by atoms with E-state index >= 15 is 0 Å². The Morgan fingerprint density at radius 3 is 2.83 bits per heavy atom. The molecule has 0 spiro atoms. The maximum absolute atomic E-state index is 11.9. The van der Waals surface area contributed by atoms with E-state index in [0.717, 1.165) is 11.3 Å². The second-order valence-electron chi connectivity index (χ2n) is 4.44. The van der Waals surface area contributed by atoms with Crippen LogP contribution in [0.15, 0.2) is 35.2 Å². The molecule has 2 aromatic rings. The summed E-state index contributed by atoms with van der Waals surface area (Å²) in [6.07, 6.45) is 1.41. The smallest absolute Gasteiger partial charge is 0.437 e. The second-order valence-corrected chi connectivity index (χ2v) is 6.16. The number of rotatable bonds is 4. The van der Waals surface area contributed by atoms with Crippen LogP contribution in [-0.4, -0.2) is 22.3 Å². The van der Waals surface area contributed by atoms with Gasteiger partial charge in [-0.1, -0.05) is 0 Å². The molecule has 2 heterocycles. The molecule has 1 aliphatic rings. The summed E-state index contributed by atoms with van der Waals surface area (Å²) < 4.78 is 7.03. The van der Waals surface area contributed by atoms with Gasteiger partial charge in [-0.05, 0) is 41.9 Å². The number of benzene rings is 1. The van der Waals surface area contributed by atoms with Gasteiger partial charge in [0.25, 0.3) is 0 Å². The molecule has 1 aromatic carbocycles. The van der Waals surface area contributed by atoms with Crippen LogP contribution in [0.25, 0.3) is 6.08 Å². The lowest BCUT2D eigenvalue weighted by Crippen LogP contribution is -2.05. The fourth-order valence-corrected chi connectivity index (χ4v) is 2.98. The molecule has 23 heavy (non-hydrogen) atoms. The van der Waals surface area contributed by atoms with Gasteiger partial charge in [0, 0.05) is 23.1 Å². The number of nitrogens with zero attached hydrogens (tertiary/aromatic N) is 2. The van der Waals surface area contributed by atoms with Crippen molar-refractivity contribution in [1.29, 1.82) is 0 Å². The topological polar surface area (TPSA) is 89.8 Å². The Bertz CT molecular complexity index is 865. The van der Waals surface area contributed by atoms with E-state index in [4.69, 9.17) is 21.8 Å². The molecule has 0 saturated carbocycles. The first-order chi connectivity index (χ1) is 11.1. The second kappa shape index (κ2) is 6.31. The van der Waals surface area contributed by atoms with Crippen molar-refractivity contribution in [3.8, 4) is 11.6 Å². The van der Waals surface area contributed by atoms with Crippen LogP contribution in [-0.2, 0) is 9.63 Å². The first-order valence-corrected chi connectivity index (χ1v) is 7.88.